The average Bonchev–Trinajstić information content (AvgIpc) is 2.60. The van der Waals surface area contributed by atoms with E-state index in [0.717, 1.165) is 25.0 Å². The topological polar surface area (TPSA) is 12.9 Å². The van der Waals surface area contributed by atoms with E-state index in [2.05, 4.69) is 70.2 Å². The number of rotatable bonds is 5. The summed E-state index contributed by atoms with van der Waals surface area (Å²) in [5.74, 6) is 0.678. The van der Waals surface area contributed by atoms with Gasteiger partial charge in [0.2, 0.25) is 0 Å². The van der Waals surface area contributed by atoms with Crippen LogP contribution in [0, 0.1) is 5.92 Å². The normalized spacial score (nSPS) is 11.4. The molecule has 0 bridgehead atoms. The Labute approximate surface area is 145 Å². The predicted octanol–water partition coefficient (Wildman–Crippen LogP) is 6.23. The summed E-state index contributed by atoms with van der Waals surface area (Å²) in [6.45, 7) is 8.97. The fraction of sp³-hybridized carbons (Fsp3) is 0.348. The number of hydrogen-bond acceptors (Lipinski definition) is 1. The maximum Gasteiger partial charge on any atom is 0.0780 e. The first-order valence-electron chi connectivity index (χ1n) is 9.11. The zero-order valence-electron chi connectivity index (χ0n) is 15.3. The van der Waals surface area contributed by atoms with Crippen LogP contribution in [0.3, 0.4) is 0 Å². The van der Waals surface area contributed by atoms with Gasteiger partial charge in [-0.15, -0.1) is 0 Å². The molecule has 2 aromatic carbocycles. The summed E-state index contributed by atoms with van der Waals surface area (Å²) in [7, 11) is 0. The Balaban J connectivity index is 2.13. The highest BCUT2D eigenvalue weighted by Gasteiger charge is 2.09. The van der Waals surface area contributed by atoms with Gasteiger partial charge in [0.1, 0.15) is 0 Å². The molecule has 1 aromatic heterocycles. The Kier molecular flexibility index (Phi) is 4.99. The number of hydrogen-bond donors (Lipinski definition) is 0. The van der Waals surface area contributed by atoms with Gasteiger partial charge in [0.05, 0.1) is 5.69 Å². The second kappa shape index (κ2) is 7.17. The van der Waals surface area contributed by atoms with Gasteiger partial charge in [-0.2, -0.15) is 0 Å². The fourth-order valence-corrected chi connectivity index (χ4v) is 3.36. The molecule has 0 saturated heterocycles. The maximum absolute atomic E-state index is 4.72. The molecule has 0 aliphatic carbocycles. The summed E-state index contributed by atoms with van der Waals surface area (Å²) in [5, 5.41) is 2.54. The zero-order valence-corrected chi connectivity index (χ0v) is 15.3. The molecular weight excluding hydrogens is 290 g/mol. The van der Waals surface area contributed by atoms with Crippen molar-refractivity contribution in [1.29, 1.82) is 0 Å². The Hall–Kier alpha value is -2.15. The molecule has 0 aliphatic heterocycles. The van der Waals surface area contributed by atoms with Gasteiger partial charge in [-0.05, 0) is 65.5 Å². The van der Waals surface area contributed by atoms with Crippen LogP contribution in [0.4, 0.5) is 0 Å². The van der Waals surface area contributed by atoms with Crippen LogP contribution >= 0.6 is 0 Å². The van der Waals surface area contributed by atoms with Crippen LogP contribution in [0.2, 0.25) is 0 Å². The molecule has 0 aliphatic rings. The van der Waals surface area contributed by atoms with Gasteiger partial charge in [-0.1, -0.05) is 52.0 Å². The Morgan fingerprint density at radius 1 is 0.833 bits per heavy atom. The summed E-state index contributed by atoms with van der Waals surface area (Å²) in [6.07, 6.45) is 5.19. The molecular formula is C23H27N. The first kappa shape index (κ1) is 16.7. The summed E-state index contributed by atoms with van der Waals surface area (Å²) < 4.78 is 0. The lowest BCUT2D eigenvalue weighted by Gasteiger charge is -2.11. The Morgan fingerprint density at radius 3 is 2.17 bits per heavy atom. The lowest BCUT2D eigenvalue weighted by molar-refractivity contribution is 0.648. The molecule has 0 saturated carbocycles. The van der Waals surface area contributed by atoms with Gasteiger partial charge < -0.3 is 0 Å². The quantitative estimate of drug-likeness (QED) is 0.544. The van der Waals surface area contributed by atoms with E-state index in [-0.39, 0.29) is 0 Å². The Bertz CT molecular complexity index is 824. The van der Waals surface area contributed by atoms with Crippen molar-refractivity contribution in [3.8, 4) is 11.3 Å². The van der Waals surface area contributed by atoms with E-state index in [1.807, 2.05) is 6.20 Å². The van der Waals surface area contributed by atoms with Crippen LogP contribution in [0.1, 0.15) is 44.4 Å². The van der Waals surface area contributed by atoms with Crippen LogP contribution in [0.25, 0.3) is 22.0 Å². The fourth-order valence-electron chi connectivity index (χ4n) is 3.36. The SMILES string of the molecule is CCc1cc(CC)cc(-c2nccc3cc(CC(C)C)ccc23)c1. The summed E-state index contributed by atoms with van der Waals surface area (Å²) in [5.41, 5.74) is 6.53. The van der Waals surface area contributed by atoms with E-state index >= 15 is 0 Å². The number of fused-ring (bicyclic) bond motifs is 1. The van der Waals surface area contributed by atoms with Gasteiger partial charge in [0.25, 0.3) is 0 Å². The van der Waals surface area contributed by atoms with E-state index in [0.29, 0.717) is 5.92 Å². The molecule has 0 spiro atoms. The minimum atomic E-state index is 0.678. The van der Waals surface area contributed by atoms with Crippen molar-refractivity contribution in [3.63, 3.8) is 0 Å². The van der Waals surface area contributed by atoms with Crippen molar-refractivity contribution in [2.75, 3.05) is 0 Å². The first-order chi connectivity index (χ1) is 11.6. The van der Waals surface area contributed by atoms with Gasteiger partial charge >= 0.3 is 0 Å². The van der Waals surface area contributed by atoms with Crippen molar-refractivity contribution < 1.29 is 0 Å². The summed E-state index contributed by atoms with van der Waals surface area (Å²) >= 11 is 0. The van der Waals surface area contributed by atoms with E-state index in [9.17, 15) is 0 Å². The summed E-state index contributed by atoms with van der Waals surface area (Å²) in [4.78, 5) is 4.72. The van der Waals surface area contributed by atoms with E-state index in [4.69, 9.17) is 4.98 Å². The zero-order chi connectivity index (χ0) is 17.1. The van der Waals surface area contributed by atoms with Crippen molar-refractivity contribution in [1.82, 2.24) is 4.98 Å². The number of pyridine rings is 1. The third-order valence-corrected chi connectivity index (χ3v) is 4.62. The minimum absolute atomic E-state index is 0.678. The van der Waals surface area contributed by atoms with E-state index in [1.54, 1.807) is 0 Å². The number of aromatic nitrogens is 1. The lowest BCUT2D eigenvalue weighted by atomic mass is 9.95. The molecule has 0 radical (unpaired) electrons. The van der Waals surface area contributed by atoms with Crippen LogP contribution < -0.4 is 0 Å². The van der Waals surface area contributed by atoms with Crippen LogP contribution in [0.15, 0.2) is 48.7 Å². The third kappa shape index (κ3) is 3.51. The Morgan fingerprint density at radius 2 is 1.54 bits per heavy atom. The molecule has 24 heavy (non-hydrogen) atoms. The average molecular weight is 317 g/mol. The van der Waals surface area contributed by atoms with Crippen LogP contribution in [-0.2, 0) is 19.3 Å². The monoisotopic (exact) mass is 317 g/mol. The first-order valence-corrected chi connectivity index (χ1v) is 9.11. The molecule has 3 aromatic rings. The smallest absolute Gasteiger partial charge is 0.0780 e. The second-order valence-corrected chi connectivity index (χ2v) is 7.06. The second-order valence-electron chi connectivity index (χ2n) is 7.06. The molecule has 1 heteroatoms. The highest BCUT2D eigenvalue weighted by molar-refractivity contribution is 5.95. The van der Waals surface area contributed by atoms with Crippen molar-refractivity contribution in [2.45, 2.75) is 47.0 Å². The number of aryl methyl sites for hydroxylation is 2. The highest BCUT2D eigenvalue weighted by atomic mass is 14.7. The molecule has 124 valence electrons. The molecule has 0 atom stereocenters. The number of nitrogens with zero attached hydrogens (tertiary/aromatic N) is 1. The van der Waals surface area contributed by atoms with E-state index in [1.165, 1.54) is 33.0 Å². The largest absolute Gasteiger partial charge is 0.256 e. The standard InChI is InChI=1S/C23H27N/c1-5-17-12-18(6-2)14-21(13-17)23-22-8-7-19(11-16(3)4)15-20(22)9-10-24-23/h7-10,12-16H,5-6,11H2,1-4H3. The summed E-state index contributed by atoms with van der Waals surface area (Å²) in [6, 6.07) is 15.9. The molecule has 1 heterocycles. The number of benzene rings is 2. The van der Waals surface area contributed by atoms with Gasteiger partial charge in [-0.3, -0.25) is 4.98 Å². The van der Waals surface area contributed by atoms with Gasteiger partial charge in [0.15, 0.2) is 0 Å². The van der Waals surface area contributed by atoms with Crippen LogP contribution in [0.5, 0.6) is 0 Å². The molecule has 0 unspecified atom stereocenters. The maximum atomic E-state index is 4.72. The molecule has 0 amide bonds. The minimum Gasteiger partial charge on any atom is -0.256 e. The van der Waals surface area contributed by atoms with Crippen molar-refractivity contribution in [3.05, 3.63) is 65.4 Å². The third-order valence-electron chi connectivity index (χ3n) is 4.62. The molecule has 1 nitrogen and oxygen atoms in total. The van der Waals surface area contributed by atoms with Crippen LogP contribution in [-0.4, -0.2) is 4.98 Å². The van der Waals surface area contributed by atoms with Crippen molar-refractivity contribution >= 4 is 10.8 Å². The lowest BCUT2D eigenvalue weighted by Crippen LogP contribution is -1.95. The molecule has 0 fully saturated rings. The highest BCUT2D eigenvalue weighted by Crippen LogP contribution is 2.29. The van der Waals surface area contributed by atoms with Gasteiger partial charge in [0, 0.05) is 17.1 Å². The van der Waals surface area contributed by atoms with Gasteiger partial charge in [-0.25, -0.2) is 0 Å². The van der Waals surface area contributed by atoms with Crippen molar-refractivity contribution in [2.24, 2.45) is 5.92 Å². The molecule has 3 rings (SSSR count). The molecule has 0 N–H and O–H groups in total. The van der Waals surface area contributed by atoms with E-state index < -0.39 is 0 Å². The predicted molar refractivity (Wildman–Crippen MR) is 104 cm³/mol.